The van der Waals surface area contributed by atoms with Crippen molar-refractivity contribution in [3.8, 4) is 0 Å². The minimum atomic E-state index is -1.23. The Hall–Kier alpha value is -0.0100. The molecule has 0 spiro atoms. The van der Waals surface area contributed by atoms with Gasteiger partial charge in [-0.3, -0.25) is 9.88 Å². The van der Waals surface area contributed by atoms with E-state index < -0.39 is 14.0 Å². The molecule has 0 rings (SSSR count). The third kappa shape index (κ3) is 3.99. The second-order valence-corrected chi connectivity index (χ2v) is 1.40. The van der Waals surface area contributed by atoms with Gasteiger partial charge in [-0.15, -0.1) is 0 Å². The Morgan fingerprint density at radius 1 is 1.83 bits per heavy atom. The molecule has 0 aliphatic heterocycles. The second-order valence-electron chi connectivity index (χ2n) is 0.536. The molecule has 1 atom stereocenters. The summed E-state index contributed by atoms with van der Waals surface area (Å²) in [5.41, 5.74) is 0. The molecule has 1 amide bonds. The Balaban J connectivity index is 3.05. The van der Waals surface area contributed by atoms with Gasteiger partial charge in [-0.2, -0.15) is 0 Å². The van der Waals surface area contributed by atoms with Crippen LogP contribution in [0.1, 0.15) is 0 Å². The van der Waals surface area contributed by atoms with Crippen LogP contribution in [0.4, 0.5) is 4.79 Å². The van der Waals surface area contributed by atoms with Gasteiger partial charge in [0.05, 0.1) is 0 Å². The summed E-state index contributed by atoms with van der Waals surface area (Å²) in [4.78, 5) is 9.52. The van der Waals surface area contributed by atoms with Crippen LogP contribution in [0.2, 0.25) is 0 Å². The molecule has 1 unspecified atom stereocenters. The fourth-order valence-electron chi connectivity index (χ4n) is 0.0463. The van der Waals surface area contributed by atoms with Gasteiger partial charge in [0.1, 0.15) is 8.61 Å². The molecule has 0 radical (unpaired) electrons. The van der Waals surface area contributed by atoms with Crippen molar-refractivity contribution in [2.45, 2.75) is 0 Å². The van der Waals surface area contributed by atoms with Crippen LogP contribution in [0.3, 0.4) is 0 Å². The van der Waals surface area contributed by atoms with E-state index in [-0.39, 0.29) is 0 Å². The van der Waals surface area contributed by atoms with Crippen LogP contribution in [0.15, 0.2) is 0 Å². The van der Waals surface area contributed by atoms with Crippen molar-refractivity contribution in [2.75, 3.05) is 0 Å². The van der Waals surface area contributed by atoms with E-state index in [1.54, 1.807) is 0 Å². The van der Waals surface area contributed by atoms with Crippen molar-refractivity contribution in [3.63, 3.8) is 0 Å². The van der Waals surface area contributed by atoms with Crippen LogP contribution in [0.25, 0.3) is 0 Å². The zero-order chi connectivity index (χ0) is 4.99. The van der Waals surface area contributed by atoms with Crippen LogP contribution < -0.4 is 5.09 Å². The monoisotopic (exact) mass is 127 g/mol. The maximum atomic E-state index is 9.52. The first kappa shape index (κ1) is 5.99. The molecule has 0 saturated carbocycles. The summed E-state index contributed by atoms with van der Waals surface area (Å²) in [5.74, 6) is 0. The zero-order valence-corrected chi connectivity index (χ0v) is 4.68. The first-order valence-electron chi connectivity index (χ1n) is 1.17. The average molecular weight is 127 g/mol. The maximum absolute atomic E-state index is 9.52. The van der Waals surface area contributed by atoms with Gasteiger partial charge in [0, 0.05) is 0 Å². The van der Waals surface area contributed by atoms with Crippen molar-refractivity contribution in [2.24, 2.45) is 0 Å². The van der Waals surface area contributed by atoms with Gasteiger partial charge in [0.25, 0.3) is 0 Å². The second kappa shape index (κ2) is 3.19. The standard InChI is InChI=1S/CH3ClNO2P/c2-1(4)3-6-5/h6H2,(H,3,4,5). The summed E-state index contributed by atoms with van der Waals surface area (Å²) >= 11 is 4.65. The quantitative estimate of drug-likeness (QED) is 0.319. The first-order chi connectivity index (χ1) is 2.77. The lowest BCUT2D eigenvalue weighted by molar-refractivity contribution is 0.264. The summed E-state index contributed by atoms with van der Waals surface area (Å²) in [6, 6.07) is 0. The summed E-state index contributed by atoms with van der Waals surface area (Å²) in [5, 5.41) is 1.10. The molecule has 0 fully saturated rings. The molecular formula is CH3ClNO2P. The average Bonchev–Trinajstić information content (AvgIpc) is 1.35. The predicted molar refractivity (Wildman–Crippen MR) is 24.8 cm³/mol. The van der Waals surface area contributed by atoms with E-state index in [1.165, 1.54) is 0 Å². The SMILES string of the molecule is O=[PH2]NC(=O)Cl. The highest BCUT2D eigenvalue weighted by Gasteiger charge is 1.82. The Morgan fingerprint density at radius 2 is 2.33 bits per heavy atom. The van der Waals surface area contributed by atoms with Crippen LogP contribution in [0, 0.1) is 0 Å². The molecule has 0 aromatic carbocycles. The number of nitrogens with one attached hydrogen (secondary N) is 1. The van der Waals surface area contributed by atoms with E-state index in [4.69, 9.17) is 0 Å². The van der Waals surface area contributed by atoms with Crippen LogP contribution in [0.5, 0.6) is 0 Å². The Labute approximate surface area is 40.9 Å². The summed E-state index contributed by atoms with van der Waals surface area (Å²) in [6.07, 6.45) is 0. The molecule has 0 aromatic rings. The molecular weight excluding hydrogens is 124 g/mol. The van der Waals surface area contributed by atoms with Gasteiger partial charge >= 0.3 is 5.37 Å². The third-order valence-electron chi connectivity index (χ3n) is 0.172. The molecule has 36 valence electrons. The van der Waals surface area contributed by atoms with Crippen LogP contribution in [-0.4, -0.2) is 5.37 Å². The van der Waals surface area contributed by atoms with Crippen LogP contribution >= 0.6 is 20.2 Å². The number of hydrogen-bond donors (Lipinski definition) is 1. The molecule has 0 bridgehead atoms. The minimum absolute atomic E-state index is 0.764. The topological polar surface area (TPSA) is 46.2 Å². The smallest absolute Gasteiger partial charge is 0.307 e. The van der Waals surface area contributed by atoms with Gasteiger partial charge < -0.3 is 4.57 Å². The van der Waals surface area contributed by atoms with Gasteiger partial charge in [0.15, 0.2) is 0 Å². The van der Waals surface area contributed by atoms with Crippen molar-refractivity contribution in [1.29, 1.82) is 0 Å². The van der Waals surface area contributed by atoms with Gasteiger partial charge in [0.2, 0.25) is 0 Å². The summed E-state index contributed by atoms with van der Waals surface area (Å²) in [7, 11) is -1.23. The lowest BCUT2D eigenvalue weighted by Crippen LogP contribution is -1.98. The van der Waals surface area contributed by atoms with E-state index in [0.29, 0.717) is 0 Å². The number of halogens is 1. The number of amides is 1. The molecule has 0 saturated heterocycles. The van der Waals surface area contributed by atoms with Crippen LogP contribution in [-0.2, 0) is 4.57 Å². The number of hydrogen-bond acceptors (Lipinski definition) is 2. The normalized spacial score (nSPS) is 9.50. The summed E-state index contributed by atoms with van der Waals surface area (Å²) < 4.78 is 9.41. The number of carbonyl (C=O) groups excluding carboxylic acids is 1. The van der Waals surface area contributed by atoms with Crippen molar-refractivity contribution in [3.05, 3.63) is 0 Å². The van der Waals surface area contributed by atoms with Gasteiger partial charge in [-0.05, 0) is 11.6 Å². The molecule has 0 aromatic heterocycles. The fourth-order valence-corrected chi connectivity index (χ4v) is 0.273. The Kier molecular flexibility index (Phi) is 3.19. The largest absolute Gasteiger partial charge is 0.318 e. The van der Waals surface area contributed by atoms with Gasteiger partial charge in [-0.1, -0.05) is 0 Å². The highest BCUT2D eigenvalue weighted by Crippen LogP contribution is 1.84. The molecule has 6 heavy (non-hydrogen) atoms. The highest BCUT2D eigenvalue weighted by molar-refractivity contribution is 7.23. The lowest BCUT2D eigenvalue weighted by atomic mass is 11.5. The molecule has 0 aliphatic rings. The molecule has 0 heterocycles. The molecule has 3 nitrogen and oxygen atoms in total. The number of carbonyl (C=O) groups is 1. The molecule has 5 heteroatoms. The molecule has 1 N–H and O–H groups in total. The zero-order valence-electron chi connectivity index (χ0n) is 2.77. The fraction of sp³-hybridized carbons (Fsp3) is 0. The molecule has 0 aliphatic carbocycles. The maximum Gasteiger partial charge on any atom is 0.318 e. The Morgan fingerprint density at radius 3 is 2.33 bits per heavy atom. The van der Waals surface area contributed by atoms with Crippen molar-refractivity contribution < 1.29 is 9.36 Å². The van der Waals surface area contributed by atoms with E-state index in [0.717, 1.165) is 0 Å². The minimum Gasteiger partial charge on any atom is -0.307 e. The summed E-state index contributed by atoms with van der Waals surface area (Å²) in [6.45, 7) is 0. The van der Waals surface area contributed by atoms with Crippen molar-refractivity contribution in [1.82, 2.24) is 5.09 Å². The van der Waals surface area contributed by atoms with Crippen molar-refractivity contribution >= 4 is 25.6 Å². The lowest BCUT2D eigenvalue weighted by Gasteiger charge is -1.77. The Bertz CT molecular complexity index is 73.9. The predicted octanol–water partition coefficient (Wildman–Crippen LogP) is 0.606. The first-order valence-corrected chi connectivity index (χ1v) is 2.59. The highest BCUT2D eigenvalue weighted by atomic mass is 35.5. The third-order valence-corrected chi connectivity index (χ3v) is 0.845. The van der Waals surface area contributed by atoms with E-state index in [9.17, 15) is 9.36 Å². The van der Waals surface area contributed by atoms with E-state index >= 15 is 0 Å². The number of rotatable bonds is 1. The van der Waals surface area contributed by atoms with E-state index in [1.807, 2.05) is 5.09 Å². The van der Waals surface area contributed by atoms with E-state index in [2.05, 4.69) is 11.6 Å². The van der Waals surface area contributed by atoms with Gasteiger partial charge in [-0.25, -0.2) is 0 Å².